The lowest BCUT2D eigenvalue weighted by Gasteiger charge is -2.37. The zero-order valence-corrected chi connectivity index (χ0v) is 17.1. The highest BCUT2D eigenvalue weighted by molar-refractivity contribution is 4.80. The van der Waals surface area contributed by atoms with E-state index >= 15 is 0 Å². The van der Waals surface area contributed by atoms with Crippen LogP contribution in [0.1, 0.15) is 118 Å². The highest BCUT2D eigenvalue weighted by atomic mass is 14.3. The SMILES string of the molecule is CCCCC[C@H](C)[C@@H](CC1CCC(CC)CC1)[C@@H](CC)CCC. The van der Waals surface area contributed by atoms with Crippen LogP contribution in [0.2, 0.25) is 0 Å². The monoisotopic (exact) mass is 322 g/mol. The van der Waals surface area contributed by atoms with Gasteiger partial charge >= 0.3 is 0 Å². The number of unbranched alkanes of at least 4 members (excludes halogenated alkanes) is 2. The average Bonchev–Trinajstić information content (AvgIpc) is 2.58. The minimum absolute atomic E-state index is 0.946. The molecule has 1 rings (SSSR count). The first-order valence-electron chi connectivity index (χ1n) is 11.2. The summed E-state index contributed by atoms with van der Waals surface area (Å²) in [6.07, 6.45) is 19.0. The summed E-state index contributed by atoms with van der Waals surface area (Å²) in [4.78, 5) is 0. The summed E-state index contributed by atoms with van der Waals surface area (Å²) in [6.45, 7) is 12.1. The molecule has 0 aromatic heterocycles. The van der Waals surface area contributed by atoms with Gasteiger partial charge in [-0.2, -0.15) is 0 Å². The van der Waals surface area contributed by atoms with Gasteiger partial charge in [0.05, 0.1) is 0 Å². The van der Waals surface area contributed by atoms with Crippen LogP contribution in [0.25, 0.3) is 0 Å². The molecule has 1 saturated carbocycles. The summed E-state index contributed by atoms with van der Waals surface area (Å²) >= 11 is 0. The standard InChI is InChI=1S/C23H46/c1-6-10-11-13-19(5)23(22(9-4)12-7-2)18-21-16-14-20(8-3)15-17-21/h19-23H,6-18H2,1-5H3/t19-,20?,21?,22-,23+/m0/s1. The van der Waals surface area contributed by atoms with Crippen LogP contribution in [-0.4, -0.2) is 0 Å². The zero-order chi connectivity index (χ0) is 17.1. The average molecular weight is 323 g/mol. The van der Waals surface area contributed by atoms with E-state index in [1.54, 1.807) is 6.42 Å². The lowest BCUT2D eigenvalue weighted by Crippen LogP contribution is -2.26. The molecule has 1 aliphatic carbocycles. The lowest BCUT2D eigenvalue weighted by atomic mass is 9.69. The molecule has 0 heteroatoms. The van der Waals surface area contributed by atoms with Crippen molar-refractivity contribution in [2.45, 2.75) is 118 Å². The summed E-state index contributed by atoms with van der Waals surface area (Å²) in [7, 11) is 0. The van der Waals surface area contributed by atoms with Crippen molar-refractivity contribution >= 4 is 0 Å². The Bertz CT molecular complexity index is 261. The predicted molar refractivity (Wildman–Crippen MR) is 106 cm³/mol. The van der Waals surface area contributed by atoms with Gasteiger partial charge in [-0.15, -0.1) is 0 Å². The Labute approximate surface area is 148 Å². The number of hydrogen-bond acceptors (Lipinski definition) is 0. The smallest absolute Gasteiger partial charge is 0.0358 e. The summed E-state index contributed by atoms with van der Waals surface area (Å²) in [6, 6.07) is 0. The Balaban J connectivity index is 2.59. The van der Waals surface area contributed by atoms with Gasteiger partial charge in [0.2, 0.25) is 0 Å². The van der Waals surface area contributed by atoms with Gasteiger partial charge in [0.25, 0.3) is 0 Å². The molecule has 0 N–H and O–H groups in total. The molecule has 0 radical (unpaired) electrons. The highest BCUT2D eigenvalue weighted by Crippen LogP contribution is 2.41. The second kappa shape index (κ2) is 12.4. The normalized spacial score (nSPS) is 26.0. The molecule has 0 unspecified atom stereocenters. The fourth-order valence-electron chi connectivity index (χ4n) is 5.17. The van der Waals surface area contributed by atoms with Crippen molar-refractivity contribution in [1.29, 1.82) is 0 Å². The third-order valence-corrected chi connectivity index (χ3v) is 6.93. The van der Waals surface area contributed by atoms with Gasteiger partial charge in [0.1, 0.15) is 0 Å². The van der Waals surface area contributed by atoms with E-state index in [4.69, 9.17) is 0 Å². The predicted octanol–water partition coefficient (Wildman–Crippen LogP) is 8.25. The molecule has 1 aliphatic rings. The summed E-state index contributed by atoms with van der Waals surface area (Å²) in [5, 5.41) is 0. The molecule has 0 bridgehead atoms. The molecule has 1 fully saturated rings. The van der Waals surface area contributed by atoms with Crippen molar-refractivity contribution in [2.75, 3.05) is 0 Å². The fourth-order valence-corrected chi connectivity index (χ4v) is 5.17. The van der Waals surface area contributed by atoms with Crippen molar-refractivity contribution in [3.05, 3.63) is 0 Å². The molecule has 0 aromatic carbocycles. The maximum atomic E-state index is 2.58. The Morgan fingerprint density at radius 1 is 0.783 bits per heavy atom. The third kappa shape index (κ3) is 7.61. The van der Waals surface area contributed by atoms with Crippen LogP contribution in [0.15, 0.2) is 0 Å². The molecule has 0 aromatic rings. The van der Waals surface area contributed by atoms with Crippen LogP contribution < -0.4 is 0 Å². The van der Waals surface area contributed by atoms with E-state index in [1.165, 1.54) is 77.0 Å². The van der Waals surface area contributed by atoms with E-state index in [-0.39, 0.29) is 0 Å². The van der Waals surface area contributed by atoms with E-state index in [1.807, 2.05) is 0 Å². The van der Waals surface area contributed by atoms with Crippen molar-refractivity contribution in [1.82, 2.24) is 0 Å². The van der Waals surface area contributed by atoms with E-state index in [9.17, 15) is 0 Å². The Morgan fingerprint density at radius 3 is 1.96 bits per heavy atom. The molecule has 3 atom stereocenters. The van der Waals surface area contributed by atoms with Gasteiger partial charge in [-0.3, -0.25) is 0 Å². The van der Waals surface area contributed by atoms with Gasteiger partial charge in [-0.1, -0.05) is 112 Å². The maximum Gasteiger partial charge on any atom is -0.0358 e. The topological polar surface area (TPSA) is 0 Å². The summed E-state index contributed by atoms with van der Waals surface area (Å²) < 4.78 is 0. The third-order valence-electron chi connectivity index (χ3n) is 6.93. The van der Waals surface area contributed by atoms with Crippen molar-refractivity contribution in [3.8, 4) is 0 Å². The lowest BCUT2D eigenvalue weighted by molar-refractivity contribution is 0.140. The quantitative estimate of drug-likeness (QED) is 0.317. The van der Waals surface area contributed by atoms with E-state index in [0.717, 1.165) is 29.6 Å². The molecule has 23 heavy (non-hydrogen) atoms. The van der Waals surface area contributed by atoms with Crippen LogP contribution >= 0.6 is 0 Å². The van der Waals surface area contributed by atoms with E-state index in [0.29, 0.717) is 0 Å². The van der Waals surface area contributed by atoms with Crippen LogP contribution in [-0.2, 0) is 0 Å². The van der Waals surface area contributed by atoms with Crippen LogP contribution in [0, 0.1) is 29.6 Å². The molecule has 0 heterocycles. The molecule has 0 amide bonds. The summed E-state index contributed by atoms with van der Waals surface area (Å²) in [5.74, 6) is 5.02. The first-order chi connectivity index (χ1) is 11.2. The molecule has 138 valence electrons. The molecule has 0 spiro atoms. The fraction of sp³-hybridized carbons (Fsp3) is 1.00. The Hall–Kier alpha value is 0. The maximum absolute atomic E-state index is 2.58. The second-order valence-corrected chi connectivity index (χ2v) is 8.62. The highest BCUT2D eigenvalue weighted by Gasteiger charge is 2.29. The first-order valence-corrected chi connectivity index (χ1v) is 11.2. The minimum atomic E-state index is 0.946. The zero-order valence-electron chi connectivity index (χ0n) is 17.1. The van der Waals surface area contributed by atoms with Crippen LogP contribution in [0.3, 0.4) is 0 Å². The summed E-state index contributed by atoms with van der Waals surface area (Å²) in [5.41, 5.74) is 0. The first kappa shape index (κ1) is 21.0. The molecule has 0 saturated heterocycles. The van der Waals surface area contributed by atoms with Gasteiger partial charge in [-0.05, 0) is 36.0 Å². The Kier molecular flexibility index (Phi) is 11.3. The Morgan fingerprint density at radius 2 is 1.43 bits per heavy atom. The van der Waals surface area contributed by atoms with Gasteiger partial charge in [0.15, 0.2) is 0 Å². The molecule has 0 aliphatic heterocycles. The molecular weight excluding hydrogens is 276 g/mol. The minimum Gasteiger partial charge on any atom is -0.0654 e. The van der Waals surface area contributed by atoms with Crippen molar-refractivity contribution in [2.24, 2.45) is 29.6 Å². The van der Waals surface area contributed by atoms with E-state index < -0.39 is 0 Å². The second-order valence-electron chi connectivity index (χ2n) is 8.62. The van der Waals surface area contributed by atoms with Gasteiger partial charge in [-0.25, -0.2) is 0 Å². The van der Waals surface area contributed by atoms with Crippen LogP contribution in [0.4, 0.5) is 0 Å². The largest absolute Gasteiger partial charge is 0.0654 e. The van der Waals surface area contributed by atoms with Crippen LogP contribution in [0.5, 0.6) is 0 Å². The van der Waals surface area contributed by atoms with Gasteiger partial charge < -0.3 is 0 Å². The molecule has 0 nitrogen and oxygen atoms in total. The number of hydrogen-bond donors (Lipinski definition) is 0. The van der Waals surface area contributed by atoms with Gasteiger partial charge in [0, 0.05) is 0 Å². The molecular formula is C23H46. The van der Waals surface area contributed by atoms with Crippen molar-refractivity contribution in [3.63, 3.8) is 0 Å². The number of rotatable bonds is 12. The van der Waals surface area contributed by atoms with E-state index in [2.05, 4.69) is 34.6 Å². The van der Waals surface area contributed by atoms with Crippen molar-refractivity contribution < 1.29 is 0 Å².